The van der Waals surface area contributed by atoms with Gasteiger partial charge in [-0.05, 0) is 80.5 Å². The summed E-state index contributed by atoms with van der Waals surface area (Å²) in [7, 11) is 0. The van der Waals surface area contributed by atoms with E-state index in [0.717, 1.165) is 66.8 Å². The van der Waals surface area contributed by atoms with E-state index in [9.17, 15) is 14.4 Å². The second-order valence-electron chi connectivity index (χ2n) is 9.91. The van der Waals surface area contributed by atoms with Gasteiger partial charge in [0.05, 0.1) is 5.69 Å². The van der Waals surface area contributed by atoms with Crippen LogP contribution in [0.15, 0.2) is 42.5 Å². The molecule has 0 spiro atoms. The Morgan fingerprint density at radius 3 is 2.46 bits per heavy atom. The zero-order chi connectivity index (χ0) is 28.1. The van der Waals surface area contributed by atoms with Crippen LogP contribution in [-0.4, -0.2) is 40.6 Å². The molecule has 0 bridgehead atoms. The first-order valence-corrected chi connectivity index (χ1v) is 14.1. The highest BCUT2D eigenvalue weighted by Gasteiger charge is 2.35. The maximum absolute atomic E-state index is 13.9. The van der Waals surface area contributed by atoms with Crippen molar-refractivity contribution in [2.75, 3.05) is 22.9 Å². The van der Waals surface area contributed by atoms with Crippen LogP contribution in [0.5, 0.6) is 0 Å². The zero-order valence-corrected chi connectivity index (χ0v) is 23.5. The van der Waals surface area contributed by atoms with Gasteiger partial charge < -0.3 is 15.5 Å². The summed E-state index contributed by atoms with van der Waals surface area (Å²) in [5.74, 6) is -0.712. The number of nitrogens with two attached hydrogens (primary N) is 1. The number of aryl methyl sites for hydroxylation is 2. The maximum atomic E-state index is 13.9. The number of piperidine rings is 1. The van der Waals surface area contributed by atoms with Gasteiger partial charge in [0.1, 0.15) is 5.69 Å². The molecule has 1 aromatic heterocycles. The van der Waals surface area contributed by atoms with Crippen molar-refractivity contribution < 1.29 is 14.4 Å². The van der Waals surface area contributed by atoms with E-state index in [1.807, 2.05) is 62.1 Å². The number of carbonyl (C=O) groups excluding carboxylic acids is 3. The summed E-state index contributed by atoms with van der Waals surface area (Å²) < 4.78 is 1.58. The highest BCUT2D eigenvalue weighted by atomic mass is 16.2. The minimum absolute atomic E-state index is 0.140. The van der Waals surface area contributed by atoms with E-state index in [0.29, 0.717) is 30.6 Å². The molecule has 2 aromatic carbocycles. The minimum Gasteiger partial charge on any atom is -0.364 e. The largest absolute Gasteiger partial charge is 0.364 e. The highest BCUT2D eigenvalue weighted by molar-refractivity contribution is 6.10. The van der Waals surface area contributed by atoms with E-state index >= 15 is 0 Å². The molecule has 2 N–H and O–H groups in total. The third kappa shape index (κ3) is 5.60. The van der Waals surface area contributed by atoms with Crippen LogP contribution in [0.4, 0.5) is 11.4 Å². The van der Waals surface area contributed by atoms with Gasteiger partial charge in [-0.1, -0.05) is 39.3 Å². The Kier molecular flexibility index (Phi) is 8.84. The van der Waals surface area contributed by atoms with Crippen LogP contribution in [0.3, 0.4) is 0 Å². The van der Waals surface area contributed by atoms with Gasteiger partial charge in [-0.2, -0.15) is 5.10 Å². The van der Waals surface area contributed by atoms with Crippen molar-refractivity contribution >= 4 is 29.1 Å². The SMILES string of the molecule is CC.CCCCc1cccc(-n2nc(C(N)=O)c3c2C(=O)N(c2ccc(N4CCCCC4=O)cc2C)CC3)c1. The van der Waals surface area contributed by atoms with Crippen molar-refractivity contribution in [1.29, 1.82) is 0 Å². The van der Waals surface area contributed by atoms with E-state index in [-0.39, 0.29) is 17.5 Å². The van der Waals surface area contributed by atoms with Crippen LogP contribution < -0.4 is 15.5 Å². The minimum atomic E-state index is -0.634. The van der Waals surface area contributed by atoms with Gasteiger partial charge in [0.15, 0.2) is 5.69 Å². The second kappa shape index (κ2) is 12.3. The lowest BCUT2D eigenvalue weighted by Crippen LogP contribution is -2.39. The number of hydrogen-bond acceptors (Lipinski definition) is 4. The average molecular weight is 530 g/mol. The predicted octanol–water partition coefficient (Wildman–Crippen LogP) is 5.37. The lowest BCUT2D eigenvalue weighted by Gasteiger charge is -2.31. The third-order valence-corrected chi connectivity index (χ3v) is 7.33. The van der Waals surface area contributed by atoms with Crippen molar-refractivity contribution in [1.82, 2.24) is 9.78 Å². The summed E-state index contributed by atoms with van der Waals surface area (Å²) in [6, 6.07) is 13.7. The van der Waals surface area contributed by atoms with Gasteiger partial charge in [-0.25, -0.2) is 4.68 Å². The van der Waals surface area contributed by atoms with Crippen molar-refractivity contribution in [2.24, 2.45) is 5.73 Å². The van der Waals surface area contributed by atoms with Crippen molar-refractivity contribution in [3.8, 4) is 5.69 Å². The smallest absolute Gasteiger partial charge is 0.277 e. The van der Waals surface area contributed by atoms with Crippen LogP contribution in [0.1, 0.15) is 90.5 Å². The molecule has 0 aliphatic carbocycles. The first-order chi connectivity index (χ1) is 18.9. The quantitative estimate of drug-likeness (QED) is 0.445. The van der Waals surface area contributed by atoms with E-state index < -0.39 is 5.91 Å². The number of nitrogens with zero attached hydrogens (tertiary/aromatic N) is 4. The van der Waals surface area contributed by atoms with Crippen LogP contribution >= 0.6 is 0 Å². The molecule has 0 atom stereocenters. The molecule has 3 heterocycles. The van der Waals surface area contributed by atoms with E-state index in [4.69, 9.17) is 5.73 Å². The number of unbranched alkanes of at least 4 members (excludes halogenated alkanes) is 1. The van der Waals surface area contributed by atoms with Gasteiger partial charge in [-0.3, -0.25) is 14.4 Å². The summed E-state index contributed by atoms with van der Waals surface area (Å²) >= 11 is 0. The Morgan fingerprint density at radius 1 is 0.974 bits per heavy atom. The molecule has 0 radical (unpaired) electrons. The van der Waals surface area contributed by atoms with Crippen LogP contribution in [0.2, 0.25) is 0 Å². The highest BCUT2D eigenvalue weighted by Crippen LogP contribution is 2.33. The summed E-state index contributed by atoms with van der Waals surface area (Å²) in [4.78, 5) is 42.2. The fourth-order valence-corrected chi connectivity index (χ4v) is 5.39. The Labute approximate surface area is 230 Å². The number of carbonyl (C=O) groups is 3. The second-order valence-corrected chi connectivity index (χ2v) is 9.91. The molecule has 8 heteroatoms. The fraction of sp³-hybridized carbons (Fsp3) is 0.419. The Hall–Kier alpha value is -3.94. The first-order valence-electron chi connectivity index (χ1n) is 14.1. The Bertz CT molecular complexity index is 1380. The number of fused-ring (bicyclic) bond motifs is 1. The number of rotatable bonds is 7. The van der Waals surface area contributed by atoms with Crippen LogP contribution in [0, 0.1) is 6.92 Å². The van der Waals surface area contributed by atoms with E-state index in [1.54, 1.807) is 9.58 Å². The maximum Gasteiger partial charge on any atom is 0.277 e. The average Bonchev–Trinajstić information content (AvgIpc) is 3.35. The van der Waals surface area contributed by atoms with Gasteiger partial charge >= 0.3 is 0 Å². The topological polar surface area (TPSA) is 102 Å². The molecule has 39 heavy (non-hydrogen) atoms. The molecule has 1 saturated heterocycles. The van der Waals surface area contributed by atoms with Gasteiger partial charge in [0.25, 0.3) is 11.8 Å². The molecular weight excluding hydrogens is 490 g/mol. The van der Waals surface area contributed by atoms with Crippen LogP contribution in [0.25, 0.3) is 5.69 Å². The Morgan fingerprint density at radius 2 is 1.77 bits per heavy atom. The van der Waals surface area contributed by atoms with Gasteiger partial charge in [-0.15, -0.1) is 0 Å². The summed E-state index contributed by atoms with van der Waals surface area (Å²) in [5, 5.41) is 4.52. The molecule has 5 rings (SSSR count). The molecule has 8 nitrogen and oxygen atoms in total. The molecule has 2 aliphatic rings. The lowest BCUT2D eigenvalue weighted by atomic mass is 10.0. The van der Waals surface area contributed by atoms with E-state index in [2.05, 4.69) is 18.1 Å². The molecular formula is C31H39N5O3. The monoisotopic (exact) mass is 529 g/mol. The first kappa shape index (κ1) is 28.1. The molecule has 3 amide bonds. The van der Waals surface area contributed by atoms with Crippen molar-refractivity contribution in [3.63, 3.8) is 0 Å². The number of anilines is 2. The fourth-order valence-electron chi connectivity index (χ4n) is 5.39. The molecule has 1 fully saturated rings. The summed E-state index contributed by atoms with van der Waals surface area (Å²) in [6.45, 7) is 9.24. The number of amides is 3. The van der Waals surface area contributed by atoms with Gasteiger partial charge in [0.2, 0.25) is 5.91 Å². The summed E-state index contributed by atoms with van der Waals surface area (Å²) in [6.07, 6.45) is 6.05. The van der Waals surface area contributed by atoms with Crippen molar-refractivity contribution in [3.05, 3.63) is 70.5 Å². The van der Waals surface area contributed by atoms with E-state index in [1.165, 1.54) is 0 Å². The molecule has 0 unspecified atom stereocenters. The van der Waals surface area contributed by atoms with Gasteiger partial charge in [0, 0.05) is 36.4 Å². The number of hydrogen-bond donors (Lipinski definition) is 1. The molecule has 206 valence electrons. The standard InChI is InChI=1S/C29H33N5O3.C2H6/c1-3-4-8-20-9-7-10-22(18-20)34-27-23(26(31-34)28(30)36)14-16-33(29(27)37)24-13-12-21(17-19(24)2)32-15-6-5-11-25(32)35;1-2/h7,9-10,12-13,17-18H,3-6,8,11,14-16H2,1-2H3,(H2,30,36);1-2H3. The Balaban J connectivity index is 0.00000172. The number of aromatic nitrogens is 2. The summed E-state index contributed by atoms with van der Waals surface area (Å²) in [5.41, 5.74) is 11.2. The number of benzene rings is 2. The predicted molar refractivity (Wildman–Crippen MR) is 155 cm³/mol. The normalized spacial score (nSPS) is 15.1. The van der Waals surface area contributed by atoms with Crippen molar-refractivity contribution in [2.45, 2.75) is 72.6 Å². The zero-order valence-electron chi connectivity index (χ0n) is 23.5. The molecule has 3 aromatic rings. The lowest BCUT2D eigenvalue weighted by molar-refractivity contribution is -0.119. The molecule has 0 saturated carbocycles. The van der Waals surface area contributed by atoms with Crippen LogP contribution in [-0.2, 0) is 17.6 Å². The third-order valence-electron chi connectivity index (χ3n) is 7.33. The number of primary amides is 1. The molecule has 2 aliphatic heterocycles.